The number of ether oxygens (including phenoxy) is 1. The SMILES string of the molecule is C=NCCN(C)Cc1[nH]ncc1-c1ccc(Oc2ccccc2)cc1. The quantitative estimate of drug-likeness (QED) is 0.634. The first-order valence-electron chi connectivity index (χ1n) is 8.23. The van der Waals surface area contributed by atoms with E-state index in [9.17, 15) is 0 Å². The number of aromatic nitrogens is 2. The first-order chi connectivity index (χ1) is 12.3. The molecule has 1 aromatic heterocycles. The van der Waals surface area contributed by atoms with Crippen LogP contribution in [0.1, 0.15) is 5.69 Å². The Morgan fingerprint density at radius 3 is 2.52 bits per heavy atom. The third kappa shape index (κ3) is 4.55. The van der Waals surface area contributed by atoms with E-state index in [-0.39, 0.29) is 0 Å². The largest absolute Gasteiger partial charge is 0.457 e. The maximum Gasteiger partial charge on any atom is 0.127 e. The van der Waals surface area contributed by atoms with Gasteiger partial charge in [-0.1, -0.05) is 30.3 Å². The van der Waals surface area contributed by atoms with Gasteiger partial charge in [-0.3, -0.25) is 15.0 Å². The standard InChI is InChI=1S/C20H22N4O/c1-21-12-13-24(2)15-20-19(14-22-23-20)16-8-10-18(11-9-16)25-17-6-4-3-5-7-17/h3-11,14H,1,12-13,15H2,2H3,(H,22,23). The molecule has 25 heavy (non-hydrogen) atoms. The normalized spacial score (nSPS) is 10.8. The number of aromatic amines is 1. The van der Waals surface area contributed by atoms with Crippen LogP contribution in [0.15, 0.2) is 65.8 Å². The summed E-state index contributed by atoms with van der Waals surface area (Å²) in [5, 5.41) is 7.30. The van der Waals surface area contributed by atoms with Gasteiger partial charge in [-0.05, 0) is 43.6 Å². The van der Waals surface area contributed by atoms with Crippen LogP contribution < -0.4 is 4.74 Å². The van der Waals surface area contributed by atoms with E-state index in [2.05, 4.69) is 46.0 Å². The van der Waals surface area contributed by atoms with Crippen molar-refractivity contribution in [3.63, 3.8) is 0 Å². The number of rotatable bonds is 8. The summed E-state index contributed by atoms with van der Waals surface area (Å²) >= 11 is 0. The summed E-state index contributed by atoms with van der Waals surface area (Å²) in [5.41, 5.74) is 3.30. The van der Waals surface area contributed by atoms with Crippen LogP contribution in [0.4, 0.5) is 0 Å². The Balaban J connectivity index is 1.70. The highest BCUT2D eigenvalue weighted by atomic mass is 16.5. The maximum atomic E-state index is 5.84. The van der Waals surface area contributed by atoms with Gasteiger partial charge in [-0.25, -0.2) is 0 Å². The Labute approximate surface area is 148 Å². The van der Waals surface area contributed by atoms with Crippen molar-refractivity contribution in [2.24, 2.45) is 4.99 Å². The zero-order chi connectivity index (χ0) is 17.5. The molecule has 0 saturated heterocycles. The molecule has 0 radical (unpaired) electrons. The zero-order valence-electron chi connectivity index (χ0n) is 14.4. The molecule has 0 aliphatic carbocycles. The molecule has 3 aromatic rings. The summed E-state index contributed by atoms with van der Waals surface area (Å²) in [7, 11) is 2.06. The lowest BCUT2D eigenvalue weighted by atomic mass is 10.1. The first kappa shape index (κ1) is 16.9. The van der Waals surface area contributed by atoms with Gasteiger partial charge in [-0.2, -0.15) is 5.10 Å². The summed E-state index contributed by atoms with van der Waals surface area (Å²) in [6.07, 6.45) is 1.86. The van der Waals surface area contributed by atoms with Crippen molar-refractivity contribution in [3.8, 4) is 22.6 Å². The van der Waals surface area contributed by atoms with Crippen molar-refractivity contribution in [2.45, 2.75) is 6.54 Å². The van der Waals surface area contributed by atoms with E-state index >= 15 is 0 Å². The molecular weight excluding hydrogens is 312 g/mol. The van der Waals surface area contributed by atoms with Crippen LogP contribution in [0.3, 0.4) is 0 Å². The van der Waals surface area contributed by atoms with E-state index in [1.54, 1.807) is 0 Å². The van der Waals surface area contributed by atoms with E-state index < -0.39 is 0 Å². The van der Waals surface area contributed by atoms with Crippen LogP contribution in [-0.4, -0.2) is 42.0 Å². The minimum absolute atomic E-state index is 0.728. The third-order valence-electron chi connectivity index (χ3n) is 3.93. The van der Waals surface area contributed by atoms with Crippen molar-refractivity contribution < 1.29 is 4.74 Å². The highest BCUT2D eigenvalue weighted by Gasteiger charge is 2.10. The number of para-hydroxylation sites is 1. The minimum Gasteiger partial charge on any atom is -0.457 e. The molecule has 0 aliphatic heterocycles. The van der Waals surface area contributed by atoms with Crippen molar-refractivity contribution in [3.05, 3.63) is 66.5 Å². The zero-order valence-corrected chi connectivity index (χ0v) is 14.4. The van der Waals surface area contributed by atoms with Crippen LogP contribution in [0.25, 0.3) is 11.1 Å². The molecule has 0 bridgehead atoms. The monoisotopic (exact) mass is 334 g/mol. The number of nitrogens with one attached hydrogen (secondary N) is 1. The third-order valence-corrected chi connectivity index (χ3v) is 3.93. The van der Waals surface area contributed by atoms with Crippen LogP contribution in [-0.2, 0) is 6.54 Å². The van der Waals surface area contributed by atoms with Gasteiger partial charge in [0.25, 0.3) is 0 Å². The minimum atomic E-state index is 0.728. The molecule has 0 saturated carbocycles. The molecule has 5 nitrogen and oxygen atoms in total. The Morgan fingerprint density at radius 2 is 1.80 bits per heavy atom. The molecule has 0 unspecified atom stereocenters. The maximum absolute atomic E-state index is 5.84. The smallest absolute Gasteiger partial charge is 0.127 e. The lowest BCUT2D eigenvalue weighted by Crippen LogP contribution is -2.21. The second kappa shape index (κ2) is 8.26. The molecule has 0 atom stereocenters. The summed E-state index contributed by atoms with van der Waals surface area (Å²) < 4.78 is 5.84. The molecule has 0 fully saturated rings. The van der Waals surface area contributed by atoms with Gasteiger partial charge in [0.2, 0.25) is 0 Å². The Morgan fingerprint density at radius 1 is 1.08 bits per heavy atom. The van der Waals surface area contributed by atoms with Crippen molar-refractivity contribution in [1.82, 2.24) is 15.1 Å². The number of hydrogen-bond donors (Lipinski definition) is 1. The van der Waals surface area contributed by atoms with Crippen molar-refractivity contribution >= 4 is 6.72 Å². The second-order valence-electron chi connectivity index (χ2n) is 5.89. The number of likely N-dealkylation sites (N-methyl/N-ethyl adjacent to an activating group) is 1. The number of H-pyrrole nitrogens is 1. The molecular formula is C20H22N4O. The molecule has 1 heterocycles. The van der Waals surface area contributed by atoms with Crippen LogP contribution in [0.5, 0.6) is 11.5 Å². The Bertz CT molecular complexity index is 796. The molecule has 2 aromatic carbocycles. The highest BCUT2D eigenvalue weighted by Crippen LogP contribution is 2.27. The fourth-order valence-electron chi connectivity index (χ4n) is 2.60. The van der Waals surface area contributed by atoms with E-state index in [4.69, 9.17) is 4.74 Å². The Hall–Kier alpha value is -2.92. The lowest BCUT2D eigenvalue weighted by Gasteiger charge is -2.15. The molecule has 0 aliphatic rings. The molecule has 1 N–H and O–H groups in total. The molecule has 0 spiro atoms. The van der Waals surface area contributed by atoms with Gasteiger partial charge in [-0.15, -0.1) is 0 Å². The summed E-state index contributed by atoms with van der Waals surface area (Å²) in [6.45, 7) is 5.90. The van der Waals surface area contributed by atoms with E-state index in [1.165, 1.54) is 0 Å². The highest BCUT2D eigenvalue weighted by molar-refractivity contribution is 5.66. The van der Waals surface area contributed by atoms with Gasteiger partial charge in [0.1, 0.15) is 11.5 Å². The topological polar surface area (TPSA) is 53.5 Å². The van der Waals surface area contributed by atoms with Crippen LogP contribution >= 0.6 is 0 Å². The van der Waals surface area contributed by atoms with Gasteiger partial charge in [0.05, 0.1) is 18.4 Å². The fraction of sp³-hybridized carbons (Fsp3) is 0.200. The van der Waals surface area contributed by atoms with Gasteiger partial charge < -0.3 is 4.74 Å². The van der Waals surface area contributed by atoms with E-state index in [0.29, 0.717) is 0 Å². The summed E-state index contributed by atoms with van der Waals surface area (Å²) in [4.78, 5) is 6.09. The molecule has 128 valence electrons. The molecule has 5 heteroatoms. The molecule has 3 rings (SSSR count). The molecule has 0 amide bonds. The van der Waals surface area contributed by atoms with Gasteiger partial charge >= 0.3 is 0 Å². The van der Waals surface area contributed by atoms with Crippen molar-refractivity contribution in [1.29, 1.82) is 0 Å². The first-order valence-corrected chi connectivity index (χ1v) is 8.23. The van der Waals surface area contributed by atoms with Gasteiger partial charge in [0, 0.05) is 18.7 Å². The van der Waals surface area contributed by atoms with Crippen LogP contribution in [0, 0.1) is 0 Å². The summed E-state index contributed by atoms with van der Waals surface area (Å²) in [6, 6.07) is 17.8. The lowest BCUT2D eigenvalue weighted by molar-refractivity contribution is 0.333. The fourth-order valence-corrected chi connectivity index (χ4v) is 2.60. The summed E-state index contributed by atoms with van der Waals surface area (Å²) in [5.74, 6) is 1.64. The predicted molar refractivity (Wildman–Crippen MR) is 101 cm³/mol. The number of benzene rings is 2. The van der Waals surface area contributed by atoms with Crippen LogP contribution in [0.2, 0.25) is 0 Å². The van der Waals surface area contributed by atoms with Gasteiger partial charge in [0.15, 0.2) is 0 Å². The number of nitrogens with zero attached hydrogens (tertiary/aromatic N) is 3. The number of hydrogen-bond acceptors (Lipinski definition) is 4. The average molecular weight is 334 g/mol. The average Bonchev–Trinajstić information content (AvgIpc) is 3.09. The number of aliphatic imine (C=N–C) groups is 1. The van der Waals surface area contributed by atoms with E-state index in [0.717, 1.165) is 48.0 Å². The van der Waals surface area contributed by atoms with E-state index in [1.807, 2.05) is 48.7 Å². The van der Waals surface area contributed by atoms with Crippen molar-refractivity contribution in [2.75, 3.05) is 20.1 Å². The Kier molecular flexibility index (Phi) is 5.59. The second-order valence-corrected chi connectivity index (χ2v) is 5.89. The predicted octanol–water partition coefficient (Wildman–Crippen LogP) is 4.00.